The van der Waals surface area contributed by atoms with Crippen LogP contribution in [0, 0.1) is 6.92 Å². The highest BCUT2D eigenvalue weighted by Gasteiger charge is 2.03. The van der Waals surface area contributed by atoms with Crippen LogP contribution in [-0.2, 0) is 0 Å². The van der Waals surface area contributed by atoms with Crippen molar-refractivity contribution in [3.63, 3.8) is 0 Å². The van der Waals surface area contributed by atoms with Crippen molar-refractivity contribution < 1.29 is 5.11 Å². The molecule has 0 aliphatic heterocycles. The molecule has 0 unspecified atom stereocenters. The number of nitrogens with zero attached hydrogens (tertiary/aromatic N) is 1. The van der Waals surface area contributed by atoms with Crippen LogP contribution in [0.1, 0.15) is 18.1 Å². The lowest BCUT2D eigenvalue weighted by atomic mass is 10.1. The Morgan fingerprint density at radius 3 is 2.67 bits per heavy atom. The van der Waals surface area contributed by atoms with Crippen LogP contribution in [0.2, 0.25) is 0 Å². The lowest BCUT2D eigenvalue weighted by molar-refractivity contribution is 0.473. The summed E-state index contributed by atoms with van der Waals surface area (Å²) in [5.41, 5.74) is 2.33. The zero-order chi connectivity index (χ0) is 9.14. The maximum Gasteiger partial charge on any atom is 0.124 e. The molecule has 3 nitrogen and oxygen atoms in total. The van der Waals surface area contributed by atoms with Crippen LogP contribution in [0.25, 0.3) is 0 Å². The summed E-state index contributed by atoms with van der Waals surface area (Å²) in [5.74, 6) is 5.31. The zero-order valence-electron chi connectivity index (χ0n) is 7.20. The summed E-state index contributed by atoms with van der Waals surface area (Å²) < 4.78 is 0. The number of hydrogen-bond acceptors (Lipinski definition) is 3. The van der Waals surface area contributed by atoms with Gasteiger partial charge in [-0.25, -0.2) is 0 Å². The summed E-state index contributed by atoms with van der Waals surface area (Å²) in [6.07, 6.45) is 0. The molecule has 1 rings (SSSR count). The van der Waals surface area contributed by atoms with E-state index in [2.05, 4.69) is 5.10 Å². The van der Waals surface area contributed by atoms with Crippen LogP contribution in [0.3, 0.4) is 0 Å². The van der Waals surface area contributed by atoms with E-state index in [4.69, 9.17) is 5.84 Å². The van der Waals surface area contributed by atoms with Crippen LogP contribution in [0.5, 0.6) is 5.75 Å². The first-order chi connectivity index (χ1) is 5.65. The highest BCUT2D eigenvalue weighted by atomic mass is 16.3. The number of phenolic OH excluding ortho intramolecular Hbond substituents is 1. The number of aromatic hydroxyl groups is 1. The second kappa shape index (κ2) is 3.26. The van der Waals surface area contributed by atoms with Crippen LogP contribution in [0.4, 0.5) is 0 Å². The molecule has 1 aromatic rings. The molecule has 12 heavy (non-hydrogen) atoms. The monoisotopic (exact) mass is 164 g/mol. The van der Waals surface area contributed by atoms with Gasteiger partial charge in [0.15, 0.2) is 0 Å². The van der Waals surface area contributed by atoms with E-state index in [1.807, 2.05) is 13.0 Å². The van der Waals surface area contributed by atoms with E-state index in [-0.39, 0.29) is 5.75 Å². The van der Waals surface area contributed by atoms with Crippen molar-refractivity contribution in [3.05, 3.63) is 29.3 Å². The van der Waals surface area contributed by atoms with E-state index in [9.17, 15) is 5.11 Å². The van der Waals surface area contributed by atoms with Gasteiger partial charge in [-0.15, -0.1) is 0 Å². The number of benzene rings is 1. The van der Waals surface area contributed by atoms with Gasteiger partial charge in [-0.2, -0.15) is 5.10 Å². The molecule has 0 spiro atoms. The van der Waals surface area contributed by atoms with Crippen LogP contribution >= 0.6 is 0 Å². The molecule has 0 fully saturated rings. The SMILES string of the molecule is C/C(=N/N)c1ccc(C)cc1O. The van der Waals surface area contributed by atoms with Gasteiger partial charge in [0.2, 0.25) is 0 Å². The Kier molecular flexibility index (Phi) is 2.33. The average Bonchev–Trinajstić information content (AvgIpc) is 2.03. The first kappa shape index (κ1) is 8.59. The molecule has 0 saturated carbocycles. The Bertz CT molecular complexity index is 318. The molecule has 0 heterocycles. The predicted octanol–water partition coefficient (Wildman–Crippen LogP) is 1.38. The van der Waals surface area contributed by atoms with Gasteiger partial charge in [0.25, 0.3) is 0 Å². The minimum Gasteiger partial charge on any atom is -0.507 e. The van der Waals surface area contributed by atoms with E-state index < -0.39 is 0 Å². The van der Waals surface area contributed by atoms with E-state index in [1.54, 1.807) is 19.1 Å². The number of aryl methyl sites for hydroxylation is 1. The molecule has 0 amide bonds. The molecule has 0 bridgehead atoms. The molecule has 3 N–H and O–H groups in total. The van der Waals surface area contributed by atoms with Gasteiger partial charge in [0.05, 0.1) is 5.71 Å². The van der Waals surface area contributed by atoms with E-state index >= 15 is 0 Å². The standard InChI is InChI=1S/C9H12N2O/c1-6-3-4-8(7(2)11-10)9(12)5-6/h3-5,12H,10H2,1-2H3/b11-7-. The van der Waals surface area contributed by atoms with Crippen molar-refractivity contribution in [3.8, 4) is 5.75 Å². The van der Waals surface area contributed by atoms with Crippen molar-refractivity contribution in [2.24, 2.45) is 10.9 Å². The van der Waals surface area contributed by atoms with Crippen molar-refractivity contribution in [2.75, 3.05) is 0 Å². The third-order valence-corrected chi connectivity index (χ3v) is 1.74. The van der Waals surface area contributed by atoms with Gasteiger partial charge in [-0.05, 0) is 31.5 Å². The van der Waals surface area contributed by atoms with Crippen molar-refractivity contribution in [2.45, 2.75) is 13.8 Å². The molecule has 0 aromatic heterocycles. The minimum atomic E-state index is 0.224. The molecule has 64 valence electrons. The van der Waals surface area contributed by atoms with Gasteiger partial charge >= 0.3 is 0 Å². The van der Waals surface area contributed by atoms with Crippen molar-refractivity contribution in [1.82, 2.24) is 0 Å². The first-order valence-electron chi connectivity index (χ1n) is 3.69. The lowest BCUT2D eigenvalue weighted by Crippen LogP contribution is -1.98. The molecule has 0 aliphatic carbocycles. The molecule has 0 saturated heterocycles. The van der Waals surface area contributed by atoms with Gasteiger partial charge < -0.3 is 10.9 Å². The molecule has 0 radical (unpaired) electrons. The number of phenols is 1. The van der Waals surface area contributed by atoms with Crippen LogP contribution < -0.4 is 5.84 Å². The Hall–Kier alpha value is -1.51. The molecule has 0 aliphatic rings. The van der Waals surface area contributed by atoms with Crippen molar-refractivity contribution in [1.29, 1.82) is 0 Å². The van der Waals surface area contributed by atoms with Gasteiger partial charge in [0.1, 0.15) is 5.75 Å². The van der Waals surface area contributed by atoms with Crippen LogP contribution in [0.15, 0.2) is 23.3 Å². The highest BCUT2D eigenvalue weighted by Crippen LogP contribution is 2.18. The molecule has 0 atom stereocenters. The summed E-state index contributed by atoms with van der Waals surface area (Å²) in [6.45, 7) is 3.67. The quantitative estimate of drug-likeness (QED) is 0.374. The normalized spacial score (nSPS) is 11.7. The Balaban J connectivity index is 3.18. The van der Waals surface area contributed by atoms with Gasteiger partial charge in [0, 0.05) is 5.56 Å². The average molecular weight is 164 g/mol. The fraction of sp³-hybridized carbons (Fsp3) is 0.222. The highest BCUT2D eigenvalue weighted by molar-refractivity contribution is 6.00. The summed E-state index contributed by atoms with van der Waals surface area (Å²) in [5, 5.41) is 13.0. The Morgan fingerprint density at radius 1 is 1.50 bits per heavy atom. The van der Waals surface area contributed by atoms with E-state index in [0.29, 0.717) is 11.3 Å². The van der Waals surface area contributed by atoms with Crippen LogP contribution in [-0.4, -0.2) is 10.8 Å². The second-order valence-corrected chi connectivity index (χ2v) is 2.74. The first-order valence-corrected chi connectivity index (χ1v) is 3.69. The fourth-order valence-electron chi connectivity index (χ4n) is 1.02. The summed E-state index contributed by atoms with van der Waals surface area (Å²) in [7, 11) is 0. The third kappa shape index (κ3) is 1.56. The predicted molar refractivity (Wildman–Crippen MR) is 49.2 cm³/mol. The molecular formula is C9H12N2O. The Labute approximate surface area is 71.5 Å². The second-order valence-electron chi connectivity index (χ2n) is 2.74. The lowest BCUT2D eigenvalue weighted by Gasteiger charge is -2.03. The fourth-order valence-corrected chi connectivity index (χ4v) is 1.02. The zero-order valence-corrected chi connectivity index (χ0v) is 7.20. The third-order valence-electron chi connectivity index (χ3n) is 1.74. The van der Waals surface area contributed by atoms with Gasteiger partial charge in [-0.1, -0.05) is 6.07 Å². The largest absolute Gasteiger partial charge is 0.507 e. The number of hydrazone groups is 1. The Morgan fingerprint density at radius 2 is 2.17 bits per heavy atom. The smallest absolute Gasteiger partial charge is 0.124 e. The summed E-state index contributed by atoms with van der Waals surface area (Å²) >= 11 is 0. The van der Waals surface area contributed by atoms with Gasteiger partial charge in [-0.3, -0.25) is 0 Å². The van der Waals surface area contributed by atoms with E-state index in [0.717, 1.165) is 5.56 Å². The number of nitrogens with two attached hydrogens (primary N) is 1. The minimum absolute atomic E-state index is 0.224. The molecule has 3 heteroatoms. The molecule has 1 aromatic carbocycles. The number of rotatable bonds is 1. The molecular weight excluding hydrogens is 152 g/mol. The topological polar surface area (TPSA) is 58.6 Å². The maximum atomic E-state index is 9.46. The number of hydrogen-bond donors (Lipinski definition) is 2. The summed E-state index contributed by atoms with van der Waals surface area (Å²) in [4.78, 5) is 0. The van der Waals surface area contributed by atoms with Crippen molar-refractivity contribution >= 4 is 5.71 Å². The summed E-state index contributed by atoms with van der Waals surface area (Å²) in [6, 6.07) is 5.39. The maximum absolute atomic E-state index is 9.46. The van der Waals surface area contributed by atoms with E-state index in [1.165, 1.54) is 0 Å².